The molecule has 0 aliphatic heterocycles. The first kappa shape index (κ1) is 16.4. The normalized spacial score (nSPS) is 35.2. The molecule has 0 radical (unpaired) electrons. The van der Waals surface area contributed by atoms with Crippen LogP contribution in [0.2, 0.25) is 0 Å². The summed E-state index contributed by atoms with van der Waals surface area (Å²) in [6, 6.07) is 6.21. The van der Waals surface area contributed by atoms with E-state index in [-0.39, 0.29) is 0 Å². The predicted molar refractivity (Wildman–Crippen MR) is 96.3 cm³/mol. The van der Waals surface area contributed by atoms with Crippen molar-refractivity contribution in [3.05, 3.63) is 29.3 Å². The van der Waals surface area contributed by atoms with Crippen molar-refractivity contribution in [2.24, 2.45) is 17.8 Å². The summed E-state index contributed by atoms with van der Waals surface area (Å²) in [5, 5.41) is 14.1. The first-order chi connectivity index (χ1) is 11.5. The van der Waals surface area contributed by atoms with Crippen LogP contribution in [-0.2, 0) is 0 Å². The first-order valence-electron chi connectivity index (χ1n) is 9.64. The average Bonchev–Trinajstić information content (AvgIpc) is 2.52. The Morgan fingerprint density at radius 3 is 2.38 bits per heavy atom. The van der Waals surface area contributed by atoms with Crippen LogP contribution >= 0.6 is 0 Å². The van der Waals surface area contributed by atoms with Gasteiger partial charge in [-0.15, -0.1) is 0 Å². The highest BCUT2D eigenvalue weighted by atomic mass is 16.5. The number of aryl methyl sites for hydroxylation is 2. The monoisotopic (exact) mass is 329 g/mol. The largest absolute Gasteiger partial charge is 0.491 e. The van der Waals surface area contributed by atoms with Crippen LogP contribution in [0.1, 0.15) is 49.7 Å². The fourth-order valence-electron chi connectivity index (χ4n) is 5.77. The Kier molecular flexibility index (Phi) is 4.34. The van der Waals surface area contributed by atoms with E-state index in [4.69, 9.17) is 4.74 Å². The smallest absolute Gasteiger partial charge is 0.122 e. The molecule has 4 aliphatic rings. The zero-order chi connectivity index (χ0) is 16.7. The minimum atomic E-state index is -0.446. The molecule has 4 bridgehead atoms. The topological polar surface area (TPSA) is 41.5 Å². The van der Waals surface area contributed by atoms with Crippen LogP contribution < -0.4 is 10.1 Å². The third-order valence-electron chi connectivity index (χ3n) is 6.53. The molecule has 24 heavy (non-hydrogen) atoms. The number of aliphatic hydroxyl groups is 1. The molecule has 4 fully saturated rings. The van der Waals surface area contributed by atoms with Crippen LogP contribution in [0.25, 0.3) is 0 Å². The lowest BCUT2D eigenvalue weighted by atomic mass is 9.53. The molecule has 0 heterocycles. The maximum atomic E-state index is 10.4. The molecule has 1 aromatic rings. The van der Waals surface area contributed by atoms with Crippen molar-refractivity contribution in [2.45, 2.75) is 64.0 Å². The van der Waals surface area contributed by atoms with Crippen LogP contribution in [-0.4, -0.2) is 29.9 Å². The van der Waals surface area contributed by atoms with E-state index in [9.17, 15) is 5.11 Å². The number of benzene rings is 1. The van der Waals surface area contributed by atoms with E-state index in [0.29, 0.717) is 18.7 Å². The van der Waals surface area contributed by atoms with Crippen LogP contribution in [0.5, 0.6) is 5.75 Å². The van der Waals surface area contributed by atoms with E-state index in [0.717, 1.165) is 29.1 Å². The third kappa shape index (κ3) is 3.34. The van der Waals surface area contributed by atoms with Gasteiger partial charge in [0.15, 0.2) is 0 Å². The molecule has 0 saturated heterocycles. The van der Waals surface area contributed by atoms with E-state index in [2.05, 4.69) is 37.4 Å². The van der Waals surface area contributed by atoms with E-state index in [1.807, 2.05) is 0 Å². The van der Waals surface area contributed by atoms with Crippen molar-refractivity contribution in [3.8, 4) is 5.75 Å². The van der Waals surface area contributed by atoms with Gasteiger partial charge >= 0.3 is 0 Å². The van der Waals surface area contributed by atoms with Crippen molar-refractivity contribution >= 4 is 0 Å². The van der Waals surface area contributed by atoms with Gasteiger partial charge in [-0.05, 0) is 87.3 Å². The average molecular weight is 329 g/mol. The minimum absolute atomic E-state index is 0.314. The van der Waals surface area contributed by atoms with Gasteiger partial charge in [0, 0.05) is 12.1 Å². The van der Waals surface area contributed by atoms with Crippen molar-refractivity contribution < 1.29 is 9.84 Å². The number of hydrogen-bond acceptors (Lipinski definition) is 3. The molecule has 4 saturated carbocycles. The van der Waals surface area contributed by atoms with Crippen LogP contribution in [0.3, 0.4) is 0 Å². The fourth-order valence-corrected chi connectivity index (χ4v) is 5.77. The standard InChI is InChI=1S/C21H31NO2/c1-14-3-4-15(2)20(5-14)24-13-19(23)12-22-21-9-16-6-17(10-21)8-18(7-16)11-21/h3-5,16-19,22-23H,6-13H2,1-2H3. The highest BCUT2D eigenvalue weighted by Crippen LogP contribution is 2.55. The maximum Gasteiger partial charge on any atom is 0.122 e. The molecule has 4 aliphatic carbocycles. The molecule has 2 N–H and O–H groups in total. The number of ether oxygens (including phenoxy) is 1. The third-order valence-corrected chi connectivity index (χ3v) is 6.53. The molecule has 0 aromatic heterocycles. The number of β-amino-alcohol motifs (C(OH)–C–C–N with tert-alkyl or cyclic N) is 1. The molecule has 0 amide bonds. The SMILES string of the molecule is Cc1ccc(C)c(OCC(O)CNC23CC4CC(CC(C4)C2)C3)c1. The number of hydrogen-bond donors (Lipinski definition) is 2. The second-order valence-electron chi connectivity index (χ2n) is 8.81. The second kappa shape index (κ2) is 6.34. The molecule has 132 valence electrons. The summed E-state index contributed by atoms with van der Waals surface area (Å²) >= 11 is 0. The summed E-state index contributed by atoms with van der Waals surface area (Å²) < 4.78 is 5.86. The van der Waals surface area contributed by atoms with Gasteiger partial charge in [0.1, 0.15) is 18.5 Å². The Morgan fingerprint density at radius 2 is 1.75 bits per heavy atom. The van der Waals surface area contributed by atoms with Crippen molar-refractivity contribution in [2.75, 3.05) is 13.2 Å². The van der Waals surface area contributed by atoms with Gasteiger partial charge in [-0.1, -0.05) is 12.1 Å². The molecule has 3 nitrogen and oxygen atoms in total. The quantitative estimate of drug-likeness (QED) is 0.838. The van der Waals surface area contributed by atoms with Gasteiger partial charge in [-0.3, -0.25) is 0 Å². The number of nitrogens with one attached hydrogen (secondary N) is 1. The van der Waals surface area contributed by atoms with E-state index in [1.165, 1.54) is 44.1 Å². The lowest BCUT2D eigenvalue weighted by Gasteiger charge is -2.57. The van der Waals surface area contributed by atoms with E-state index < -0.39 is 6.10 Å². The van der Waals surface area contributed by atoms with Gasteiger partial charge in [-0.2, -0.15) is 0 Å². The van der Waals surface area contributed by atoms with Crippen molar-refractivity contribution in [3.63, 3.8) is 0 Å². The first-order valence-corrected chi connectivity index (χ1v) is 9.64. The number of rotatable bonds is 6. The Hall–Kier alpha value is -1.06. The fraction of sp³-hybridized carbons (Fsp3) is 0.714. The number of aliphatic hydroxyl groups excluding tert-OH is 1. The van der Waals surface area contributed by atoms with Gasteiger partial charge in [-0.25, -0.2) is 0 Å². The highest BCUT2D eigenvalue weighted by molar-refractivity contribution is 5.35. The lowest BCUT2D eigenvalue weighted by Crippen LogP contribution is -2.59. The summed E-state index contributed by atoms with van der Waals surface area (Å²) in [6.45, 7) is 5.13. The molecule has 3 heteroatoms. The molecular weight excluding hydrogens is 298 g/mol. The summed E-state index contributed by atoms with van der Waals surface area (Å²) in [7, 11) is 0. The highest BCUT2D eigenvalue weighted by Gasteiger charge is 2.50. The second-order valence-corrected chi connectivity index (χ2v) is 8.81. The van der Waals surface area contributed by atoms with Gasteiger partial charge < -0.3 is 15.2 Å². The van der Waals surface area contributed by atoms with Crippen LogP contribution in [0.15, 0.2) is 18.2 Å². The van der Waals surface area contributed by atoms with Gasteiger partial charge in [0.2, 0.25) is 0 Å². The molecule has 0 spiro atoms. The zero-order valence-corrected chi connectivity index (χ0v) is 15.1. The lowest BCUT2D eigenvalue weighted by molar-refractivity contribution is -0.0266. The zero-order valence-electron chi connectivity index (χ0n) is 15.1. The predicted octanol–water partition coefficient (Wildman–Crippen LogP) is 3.60. The van der Waals surface area contributed by atoms with Crippen molar-refractivity contribution in [1.29, 1.82) is 0 Å². The van der Waals surface area contributed by atoms with Crippen molar-refractivity contribution in [1.82, 2.24) is 5.32 Å². The molecular formula is C21H31NO2. The van der Waals surface area contributed by atoms with E-state index in [1.54, 1.807) is 0 Å². The van der Waals surface area contributed by atoms with Crippen LogP contribution in [0.4, 0.5) is 0 Å². The summed E-state index contributed by atoms with van der Waals surface area (Å²) in [6.07, 6.45) is 7.90. The summed E-state index contributed by atoms with van der Waals surface area (Å²) in [5.41, 5.74) is 2.63. The Balaban J connectivity index is 1.29. The molecule has 1 unspecified atom stereocenters. The summed E-state index contributed by atoms with van der Waals surface area (Å²) in [4.78, 5) is 0. The minimum Gasteiger partial charge on any atom is -0.491 e. The molecule has 5 rings (SSSR count). The summed E-state index contributed by atoms with van der Waals surface area (Å²) in [5.74, 6) is 3.70. The molecule has 1 atom stereocenters. The maximum absolute atomic E-state index is 10.4. The van der Waals surface area contributed by atoms with Gasteiger partial charge in [0.25, 0.3) is 0 Å². The molecule has 1 aromatic carbocycles. The van der Waals surface area contributed by atoms with Crippen LogP contribution in [0, 0.1) is 31.6 Å². The Morgan fingerprint density at radius 1 is 1.12 bits per heavy atom. The Bertz CT molecular complexity index is 562. The Labute approximate surface area is 145 Å². The van der Waals surface area contributed by atoms with Gasteiger partial charge in [0.05, 0.1) is 0 Å². The van der Waals surface area contributed by atoms with E-state index >= 15 is 0 Å².